The van der Waals surface area contributed by atoms with Gasteiger partial charge in [-0.15, -0.1) is 0 Å². The van der Waals surface area contributed by atoms with E-state index >= 15 is 0 Å². The first-order chi connectivity index (χ1) is 7.81. The van der Waals surface area contributed by atoms with Crippen LogP contribution in [0.15, 0.2) is 28.7 Å². The molecule has 1 N–H and O–H groups in total. The Morgan fingerprint density at radius 3 is 2.31 bits per heavy atom. The second-order valence-corrected chi connectivity index (χ2v) is 5.63. The van der Waals surface area contributed by atoms with E-state index in [2.05, 4.69) is 52.6 Å². The van der Waals surface area contributed by atoms with Crippen molar-refractivity contribution in [3.63, 3.8) is 0 Å². The fourth-order valence-electron chi connectivity index (χ4n) is 2.81. The summed E-state index contributed by atoms with van der Waals surface area (Å²) in [5, 5.41) is 3.49. The molecule has 0 aliphatic heterocycles. The molecule has 16 heavy (non-hydrogen) atoms. The van der Waals surface area contributed by atoms with Crippen molar-refractivity contribution in [1.29, 1.82) is 0 Å². The molecule has 1 aromatic carbocycles. The van der Waals surface area contributed by atoms with Crippen molar-refractivity contribution >= 4 is 15.9 Å². The fourth-order valence-corrected chi connectivity index (χ4v) is 3.08. The van der Waals surface area contributed by atoms with Gasteiger partial charge in [0.1, 0.15) is 0 Å². The number of rotatable bonds is 3. The van der Waals surface area contributed by atoms with E-state index in [4.69, 9.17) is 0 Å². The van der Waals surface area contributed by atoms with Crippen molar-refractivity contribution in [2.45, 2.75) is 38.1 Å². The zero-order valence-corrected chi connectivity index (χ0v) is 11.5. The van der Waals surface area contributed by atoms with Crippen LogP contribution in [0, 0.1) is 5.92 Å². The van der Waals surface area contributed by atoms with E-state index < -0.39 is 0 Å². The molecule has 0 spiro atoms. The maximum absolute atomic E-state index is 3.49. The number of benzene rings is 1. The molecule has 1 saturated carbocycles. The van der Waals surface area contributed by atoms with Crippen LogP contribution in [-0.2, 0) is 0 Å². The molecule has 1 nitrogen and oxygen atoms in total. The predicted molar refractivity (Wildman–Crippen MR) is 72.5 cm³/mol. The minimum atomic E-state index is 0.536. The summed E-state index contributed by atoms with van der Waals surface area (Å²) in [6, 6.07) is 9.29. The zero-order valence-electron chi connectivity index (χ0n) is 9.88. The van der Waals surface area contributed by atoms with Gasteiger partial charge in [0.15, 0.2) is 0 Å². The lowest BCUT2D eigenvalue weighted by Crippen LogP contribution is -2.26. The lowest BCUT2D eigenvalue weighted by atomic mass is 9.81. The van der Waals surface area contributed by atoms with Crippen molar-refractivity contribution in [3.8, 4) is 0 Å². The highest BCUT2D eigenvalue weighted by Crippen LogP contribution is 2.34. The molecule has 0 aromatic heterocycles. The summed E-state index contributed by atoms with van der Waals surface area (Å²) in [7, 11) is 2.08. The van der Waals surface area contributed by atoms with Crippen LogP contribution in [0.4, 0.5) is 0 Å². The Kier molecular flexibility index (Phi) is 4.42. The number of hydrogen-bond donors (Lipinski definition) is 1. The standard InChI is InChI=1S/C14H20BrN/c1-16-14(11-5-3-2-4-6-11)12-7-9-13(15)10-8-12/h7-11,14,16H,2-6H2,1H3. The quantitative estimate of drug-likeness (QED) is 0.872. The second kappa shape index (κ2) is 5.83. The molecular weight excluding hydrogens is 262 g/mol. The van der Waals surface area contributed by atoms with Crippen LogP contribution in [0.3, 0.4) is 0 Å². The minimum Gasteiger partial charge on any atom is -0.313 e. The summed E-state index contributed by atoms with van der Waals surface area (Å²) in [4.78, 5) is 0. The molecule has 0 amide bonds. The third-order valence-corrected chi connectivity index (χ3v) is 4.19. The predicted octanol–water partition coefficient (Wildman–Crippen LogP) is 4.29. The molecular formula is C14H20BrN. The monoisotopic (exact) mass is 281 g/mol. The molecule has 1 atom stereocenters. The van der Waals surface area contributed by atoms with Gasteiger partial charge in [-0.3, -0.25) is 0 Å². The van der Waals surface area contributed by atoms with Gasteiger partial charge in [0.05, 0.1) is 0 Å². The summed E-state index contributed by atoms with van der Waals surface area (Å²) in [6.45, 7) is 0. The molecule has 0 radical (unpaired) electrons. The van der Waals surface area contributed by atoms with Gasteiger partial charge < -0.3 is 5.32 Å². The highest BCUT2D eigenvalue weighted by Gasteiger charge is 2.23. The molecule has 1 fully saturated rings. The van der Waals surface area contributed by atoms with E-state index in [9.17, 15) is 0 Å². The lowest BCUT2D eigenvalue weighted by Gasteiger charge is -2.30. The van der Waals surface area contributed by atoms with Gasteiger partial charge in [0.2, 0.25) is 0 Å². The third kappa shape index (κ3) is 2.86. The van der Waals surface area contributed by atoms with E-state index in [1.165, 1.54) is 37.7 Å². The summed E-state index contributed by atoms with van der Waals surface area (Å²) >= 11 is 3.49. The molecule has 0 saturated heterocycles. The third-order valence-electron chi connectivity index (χ3n) is 3.66. The Morgan fingerprint density at radius 2 is 1.75 bits per heavy atom. The SMILES string of the molecule is CNC(c1ccc(Br)cc1)C1CCCCC1. The summed E-state index contributed by atoms with van der Waals surface area (Å²) in [6.07, 6.45) is 6.98. The Bertz CT molecular complexity index is 314. The molecule has 0 bridgehead atoms. The number of nitrogens with one attached hydrogen (secondary N) is 1. The van der Waals surface area contributed by atoms with Crippen LogP contribution < -0.4 is 5.32 Å². The molecule has 88 valence electrons. The highest BCUT2D eigenvalue weighted by atomic mass is 79.9. The Labute approximate surface area is 107 Å². The normalized spacial score (nSPS) is 19.6. The minimum absolute atomic E-state index is 0.536. The van der Waals surface area contributed by atoms with Crippen molar-refractivity contribution in [1.82, 2.24) is 5.32 Å². The van der Waals surface area contributed by atoms with Crippen molar-refractivity contribution in [2.24, 2.45) is 5.92 Å². The first kappa shape index (κ1) is 12.1. The highest BCUT2D eigenvalue weighted by molar-refractivity contribution is 9.10. The molecule has 2 heteroatoms. The van der Waals surface area contributed by atoms with Crippen molar-refractivity contribution in [2.75, 3.05) is 7.05 Å². The van der Waals surface area contributed by atoms with Gasteiger partial charge in [0, 0.05) is 10.5 Å². The molecule has 1 aliphatic carbocycles. The van der Waals surface area contributed by atoms with Gasteiger partial charge >= 0.3 is 0 Å². The number of hydrogen-bond acceptors (Lipinski definition) is 1. The van der Waals surface area contributed by atoms with E-state index in [0.29, 0.717) is 6.04 Å². The molecule has 1 aromatic rings. The first-order valence-corrected chi connectivity index (χ1v) is 7.03. The Balaban J connectivity index is 2.11. The van der Waals surface area contributed by atoms with Gasteiger partial charge in [0.25, 0.3) is 0 Å². The van der Waals surface area contributed by atoms with Crippen LogP contribution in [0.25, 0.3) is 0 Å². The van der Waals surface area contributed by atoms with Gasteiger partial charge in [-0.1, -0.05) is 47.3 Å². The largest absolute Gasteiger partial charge is 0.313 e. The summed E-state index contributed by atoms with van der Waals surface area (Å²) < 4.78 is 1.16. The van der Waals surface area contributed by atoms with Crippen LogP contribution in [0.5, 0.6) is 0 Å². The summed E-state index contributed by atoms with van der Waals surface area (Å²) in [5.41, 5.74) is 1.43. The van der Waals surface area contributed by atoms with Crippen molar-refractivity contribution in [3.05, 3.63) is 34.3 Å². The fraction of sp³-hybridized carbons (Fsp3) is 0.571. The number of halogens is 1. The maximum atomic E-state index is 3.49. The Morgan fingerprint density at radius 1 is 1.12 bits per heavy atom. The molecule has 1 aliphatic rings. The van der Waals surface area contributed by atoms with Gasteiger partial charge in [-0.25, -0.2) is 0 Å². The van der Waals surface area contributed by atoms with Crippen LogP contribution in [-0.4, -0.2) is 7.05 Å². The second-order valence-electron chi connectivity index (χ2n) is 4.72. The van der Waals surface area contributed by atoms with Crippen LogP contribution >= 0.6 is 15.9 Å². The summed E-state index contributed by atoms with van der Waals surface area (Å²) in [5.74, 6) is 0.819. The molecule has 2 rings (SSSR count). The zero-order chi connectivity index (χ0) is 11.4. The van der Waals surface area contributed by atoms with Crippen molar-refractivity contribution < 1.29 is 0 Å². The van der Waals surface area contributed by atoms with E-state index in [1.807, 2.05) is 0 Å². The van der Waals surface area contributed by atoms with Gasteiger partial charge in [-0.2, -0.15) is 0 Å². The smallest absolute Gasteiger partial charge is 0.0346 e. The van der Waals surface area contributed by atoms with E-state index in [1.54, 1.807) is 0 Å². The van der Waals surface area contributed by atoms with Gasteiger partial charge in [-0.05, 0) is 43.5 Å². The maximum Gasteiger partial charge on any atom is 0.0346 e. The first-order valence-electron chi connectivity index (χ1n) is 6.24. The average molecular weight is 282 g/mol. The van der Waals surface area contributed by atoms with E-state index in [-0.39, 0.29) is 0 Å². The molecule has 1 unspecified atom stereocenters. The van der Waals surface area contributed by atoms with Crippen LogP contribution in [0.2, 0.25) is 0 Å². The Hall–Kier alpha value is -0.340. The van der Waals surface area contributed by atoms with E-state index in [0.717, 1.165) is 10.4 Å². The average Bonchev–Trinajstić information content (AvgIpc) is 2.34. The topological polar surface area (TPSA) is 12.0 Å². The molecule has 0 heterocycles. The lowest BCUT2D eigenvalue weighted by molar-refractivity contribution is 0.281. The van der Waals surface area contributed by atoms with Crippen LogP contribution in [0.1, 0.15) is 43.7 Å².